The van der Waals surface area contributed by atoms with E-state index in [0.29, 0.717) is 13.1 Å². The van der Waals surface area contributed by atoms with Crippen molar-refractivity contribution < 1.29 is 13.5 Å². The first kappa shape index (κ1) is 14.9. The molecule has 0 saturated carbocycles. The van der Waals surface area contributed by atoms with Crippen LogP contribution in [-0.2, 0) is 10.0 Å². The van der Waals surface area contributed by atoms with Gasteiger partial charge >= 0.3 is 0 Å². The zero-order chi connectivity index (χ0) is 13.6. The summed E-state index contributed by atoms with van der Waals surface area (Å²) in [5.41, 5.74) is 0. The van der Waals surface area contributed by atoms with Crippen molar-refractivity contribution in [2.75, 3.05) is 26.2 Å². The molecule has 0 radical (unpaired) electrons. The molecule has 0 amide bonds. The van der Waals surface area contributed by atoms with Gasteiger partial charge in [0.05, 0.1) is 4.90 Å². The minimum Gasteiger partial charge on any atom is -0.508 e. The SMILES string of the molecule is CCN(CC)CCNS(=O)(=O)c1cccc(O)c1. The molecule has 0 saturated heterocycles. The van der Waals surface area contributed by atoms with Crippen molar-refractivity contribution in [1.82, 2.24) is 9.62 Å². The molecule has 0 aliphatic carbocycles. The van der Waals surface area contributed by atoms with Gasteiger partial charge in [-0.1, -0.05) is 19.9 Å². The van der Waals surface area contributed by atoms with E-state index in [9.17, 15) is 13.5 Å². The van der Waals surface area contributed by atoms with Crippen molar-refractivity contribution in [1.29, 1.82) is 0 Å². The molecular formula is C12H20N2O3S. The molecule has 0 fully saturated rings. The lowest BCUT2D eigenvalue weighted by atomic mass is 10.3. The summed E-state index contributed by atoms with van der Waals surface area (Å²) in [7, 11) is -3.53. The summed E-state index contributed by atoms with van der Waals surface area (Å²) >= 11 is 0. The molecule has 0 aliphatic heterocycles. The van der Waals surface area contributed by atoms with Gasteiger partial charge in [-0.15, -0.1) is 0 Å². The van der Waals surface area contributed by atoms with Crippen LogP contribution in [0, 0.1) is 0 Å². The highest BCUT2D eigenvalue weighted by Crippen LogP contribution is 2.15. The number of phenolic OH excluding ortho intramolecular Hbond substituents is 1. The minimum atomic E-state index is -3.53. The Bertz CT molecular complexity index is 470. The van der Waals surface area contributed by atoms with Crippen molar-refractivity contribution in [3.8, 4) is 5.75 Å². The van der Waals surface area contributed by atoms with Crippen LogP contribution in [0.25, 0.3) is 0 Å². The van der Waals surface area contributed by atoms with Gasteiger partial charge in [-0.2, -0.15) is 0 Å². The molecule has 6 heteroatoms. The molecular weight excluding hydrogens is 252 g/mol. The zero-order valence-corrected chi connectivity index (χ0v) is 11.6. The van der Waals surface area contributed by atoms with E-state index in [-0.39, 0.29) is 10.6 Å². The van der Waals surface area contributed by atoms with E-state index >= 15 is 0 Å². The Morgan fingerprint density at radius 3 is 2.50 bits per heavy atom. The van der Waals surface area contributed by atoms with Crippen LogP contribution in [0.3, 0.4) is 0 Å². The van der Waals surface area contributed by atoms with Gasteiger partial charge in [0.2, 0.25) is 10.0 Å². The number of hydrogen-bond acceptors (Lipinski definition) is 4. The highest BCUT2D eigenvalue weighted by molar-refractivity contribution is 7.89. The second-order valence-electron chi connectivity index (χ2n) is 3.92. The van der Waals surface area contributed by atoms with E-state index in [1.54, 1.807) is 0 Å². The van der Waals surface area contributed by atoms with Crippen molar-refractivity contribution in [3.05, 3.63) is 24.3 Å². The van der Waals surface area contributed by atoms with Crippen LogP contribution in [0.5, 0.6) is 5.75 Å². The molecule has 2 N–H and O–H groups in total. The predicted octanol–water partition coefficient (Wildman–Crippen LogP) is 1.01. The van der Waals surface area contributed by atoms with Gasteiger partial charge in [-0.05, 0) is 31.3 Å². The third-order valence-electron chi connectivity index (χ3n) is 2.74. The summed E-state index contributed by atoms with van der Waals surface area (Å²) in [5, 5.41) is 9.27. The monoisotopic (exact) mass is 272 g/mol. The van der Waals surface area contributed by atoms with Gasteiger partial charge in [0.15, 0.2) is 0 Å². The normalized spacial score (nSPS) is 11.9. The van der Waals surface area contributed by atoms with E-state index < -0.39 is 10.0 Å². The van der Waals surface area contributed by atoms with Crippen LogP contribution in [0.4, 0.5) is 0 Å². The Kier molecular flexibility index (Phi) is 5.58. The molecule has 0 atom stereocenters. The largest absolute Gasteiger partial charge is 0.508 e. The summed E-state index contributed by atoms with van der Waals surface area (Å²) in [4.78, 5) is 2.22. The van der Waals surface area contributed by atoms with Crippen LogP contribution in [0.1, 0.15) is 13.8 Å². The summed E-state index contributed by atoms with van der Waals surface area (Å²) < 4.78 is 26.3. The van der Waals surface area contributed by atoms with Gasteiger partial charge < -0.3 is 10.0 Å². The Labute approximate surface area is 108 Å². The number of hydrogen-bond donors (Lipinski definition) is 2. The van der Waals surface area contributed by atoms with Crippen LogP contribution in [-0.4, -0.2) is 44.6 Å². The molecule has 0 aromatic heterocycles. The smallest absolute Gasteiger partial charge is 0.240 e. The molecule has 0 bridgehead atoms. The quantitative estimate of drug-likeness (QED) is 0.777. The van der Waals surface area contributed by atoms with E-state index in [0.717, 1.165) is 13.1 Å². The standard InChI is InChI=1S/C12H20N2O3S/c1-3-14(4-2)9-8-13-18(16,17)12-7-5-6-11(15)10-12/h5-7,10,13,15H,3-4,8-9H2,1-2H3. The number of benzene rings is 1. The lowest BCUT2D eigenvalue weighted by Crippen LogP contribution is -2.34. The summed E-state index contributed by atoms with van der Waals surface area (Å²) in [6, 6.07) is 5.64. The average Bonchev–Trinajstić information content (AvgIpc) is 2.34. The Balaban J connectivity index is 2.60. The number of nitrogens with zero attached hydrogens (tertiary/aromatic N) is 1. The van der Waals surface area contributed by atoms with Gasteiger partial charge in [-0.3, -0.25) is 0 Å². The van der Waals surface area contributed by atoms with Gasteiger partial charge in [-0.25, -0.2) is 13.1 Å². The maximum Gasteiger partial charge on any atom is 0.240 e. The predicted molar refractivity (Wildman–Crippen MR) is 71.1 cm³/mol. The van der Waals surface area contributed by atoms with Crippen molar-refractivity contribution >= 4 is 10.0 Å². The number of phenols is 1. The maximum atomic E-state index is 11.9. The average molecular weight is 272 g/mol. The molecule has 102 valence electrons. The lowest BCUT2D eigenvalue weighted by Gasteiger charge is -2.18. The van der Waals surface area contributed by atoms with E-state index in [4.69, 9.17) is 0 Å². The highest BCUT2D eigenvalue weighted by Gasteiger charge is 2.14. The molecule has 0 unspecified atom stereocenters. The van der Waals surface area contributed by atoms with Crippen molar-refractivity contribution in [2.45, 2.75) is 18.7 Å². The summed E-state index contributed by atoms with van der Waals surface area (Å²) in [6.45, 7) is 6.89. The summed E-state index contributed by atoms with van der Waals surface area (Å²) in [5.74, 6) is -0.0541. The number of rotatable bonds is 7. The van der Waals surface area contributed by atoms with E-state index in [1.807, 2.05) is 13.8 Å². The van der Waals surface area contributed by atoms with Gasteiger partial charge in [0.1, 0.15) is 5.75 Å². The first-order chi connectivity index (χ1) is 8.49. The van der Waals surface area contributed by atoms with E-state index in [1.165, 1.54) is 24.3 Å². The molecule has 0 spiro atoms. The number of nitrogens with one attached hydrogen (secondary N) is 1. The van der Waals surface area contributed by atoms with Crippen LogP contribution in [0.15, 0.2) is 29.2 Å². The Morgan fingerprint density at radius 1 is 1.28 bits per heavy atom. The summed E-state index contributed by atoms with van der Waals surface area (Å²) in [6.07, 6.45) is 0. The molecule has 1 rings (SSSR count). The zero-order valence-electron chi connectivity index (χ0n) is 10.8. The van der Waals surface area contributed by atoms with Crippen LogP contribution >= 0.6 is 0 Å². The molecule has 18 heavy (non-hydrogen) atoms. The van der Waals surface area contributed by atoms with E-state index in [2.05, 4.69) is 9.62 Å². The maximum absolute atomic E-state index is 11.9. The number of likely N-dealkylation sites (N-methyl/N-ethyl adjacent to an activating group) is 1. The molecule has 5 nitrogen and oxygen atoms in total. The van der Waals surface area contributed by atoms with Crippen molar-refractivity contribution in [3.63, 3.8) is 0 Å². The lowest BCUT2D eigenvalue weighted by molar-refractivity contribution is 0.309. The highest BCUT2D eigenvalue weighted by atomic mass is 32.2. The molecule has 1 aromatic carbocycles. The Hall–Kier alpha value is -1.11. The molecule has 1 aromatic rings. The fourth-order valence-electron chi connectivity index (χ4n) is 1.61. The first-order valence-corrected chi connectivity index (χ1v) is 7.49. The first-order valence-electron chi connectivity index (χ1n) is 6.00. The number of aromatic hydroxyl groups is 1. The topological polar surface area (TPSA) is 69.6 Å². The fourth-order valence-corrected chi connectivity index (χ4v) is 2.67. The number of sulfonamides is 1. The van der Waals surface area contributed by atoms with Crippen molar-refractivity contribution in [2.24, 2.45) is 0 Å². The molecule has 0 heterocycles. The Morgan fingerprint density at radius 2 is 1.94 bits per heavy atom. The minimum absolute atomic E-state index is 0.0541. The van der Waals surface area contributed by atoms with Crippen LogP contribution < -0.4 is 4.72 Å². The second-order valence-corrected chi connectivity index (χ2v) is 5.69. The third kappa shape index (κ3) is 4.29. The third-order valence-corrected chi connectivity index (χ3v) is 4.20. The molecule has 0 aliphatic rings. The van der Waals surface area contributed by atoms with Gasteiger partial charge in [0, 0.05) is 13.1 Å². The van der Waals surface area contributed by atoms with Crippen LogP contribution in [0.2, 0.25) is 0 Å². The van der Waals surface area contributed by atoms with Gasteiger partial charge in [0.25, 0.3) is 0 Å². The second kappa shape index (κ2) is 6.72. The fraction of sp³-hybridized carbons (Fsp3) is 0.500.